The predicted octanol–water partition coefficient (Wildman–Crippen LogP) is 3.60. The second kappa shape index (κ2) is 6.66. The lowest BCUT2D eigenvalue weighted by Crippen LogP contribution is -2.43. The molecule has 0 bridgehead atoms. The van der Waals surface area contributed by atoms with Crippen LogP contribution >= 0.6 is 11.3 Å². The molecule has 2 N–H and O–H groups in total. The molecule has 2 heterocycles. The average molecular weight is 333 g/mol. The number of thiazole rings is 1. The van der Waals surface area contributed by atoms with Gasteiger partial charge in [0.2, 0.25) is 0 Å². The average Bonchev–Trinajstić information content (AvgIpc) is 3.14. The molecule has 0 aliphatic heterocycles. The summed E-state index contributed by atoms with van der Waals surface area (Å²) in [4.78, 5) is 32.1. The molecule has 0 aromatic carbocycles. The Balaban J connectivity index is 2.38. The van der Waals surface area contributed by atoms with Crippen molar-refractivity contribution in [3.8, 4) is 0 Å². The lowest BCUT2D eigenvalue weighted by Gasteiger charge is -2.27. The lowest BCUT2D eigenvalue weighted by molar-refractivity contribution is 0.0896. The number of nitrogens with zero attached hydrogens (tertiary/aromatic N) is 1. The molecule has 0 saturated heterocycles. The highest BCUT2D eigenvalue weighted by molar-refractivity contribution is 7.09. The fraction of sp³-hybridized carbons (Fsp3) is 0.471. The van der Waals surface area contributed by atoms with E-state index in [2.05, 4.69) is 15.3 Å². The van der Waals surface area contributed by atoms with Crippen molar-refractivity contribution >= 4 is 23.0 Å². The Labute approximate surface area is 140 Å². The standard InChI is InChI=1S/C17H23N3O2S/c1-6-12-13(11(4)21)10(3)19-14(12)15(22)20-17(5,7-2)16-18-8-9-23-16/h8-9,19H,6-7H2,1-5H3,(H,20,22)/t17-/m1/s1. The van der Waals surface area contributed by atoms with Gasteiger partial charge in [-0.2, -0.15) is 0 Å². The van der Waals surface area contributed by atoms with Gasteiger partial charge in [0.05, 0.1) is 5.54 Å². The molecule has 1 amide bonds. The van der Waals surface area contributed by atoms with Crippen molar-refractivity contribution < 1.29 is 9.59 Å². The largest absolute Gasteiger partial charge is 0.354 e. The molecular formula is C17H23N3O2S. The number of ketones is 1. The molecule has 2 aromatic heterocycles. The number of Topliss-reactive ketones (excluding diaryl/α,β-unsaturated/α-hetero) is 1. The highest BCUT2D eigenvalue weighted by Gasteiger charge is 2.31. The van der Waals surface area contributed by atoms with E-state index < -0.39 is 5.54 Å². The Morgan fingerprint density at radius 1 is 1.39 bits per heavy atom. The van der Waals surface area contributed by atoms with Crippen LogP contribution in [0.4, 0.5) is 0 Å². The quantitative estimate of drug-likeness (QED) is 0.793. The Morgan fingerprint density at radius 2 is 2.09 bits per heavy atom. The van der Waals surface area contributed by atoms with E-state index in [1.165, 1.54) is 18.3 Å². The molecule has 2 aromatic rings. The fourth-order valence-corrected chi connectivity index (χ4v) is 3.63. The van der Waals surface area contributed by atoms with E-state index in [4.69, 9.17) is 0 Å². The summed E-state index contributed by atoms with van der Waals surface area (Å²) in [5.41, 5.74) is 2.11. The molecule has 0 aliphatic carbocycles. The summed E-state index contributed by atoms with van der Waals surface area (Å²) in [6.45, 7) is 9.29. The van der Waals surface area contributed by atoms with Crippen LogP contribution in [-0.4, -0.2) is 21.7 Å². The van der Waals surface area contributed by atoms with E-state index in [0.29, 0.717) is 17.7 Å². The summed E-state index contributed by atoms with van der Waals surface area (Å²) >= 11 is 1.52. The second-order valence-electron chi connectivity index (χ2n) is 5.87. The molecule has 1 atom stereocenters. The summed E-state index contributed by atoms with van der Waals surface area (Å²) in [6, 6.07) is 0. The van der Waals surface area contributed by atoms with Crippen LogP contribution in [0.25, 0.3) is 0 Å². The van der Waals surface area contributed by atoms with Crippen molar-refractivity contribution in [3.63, 3.8) is 0 Å². The number of nitrogens with one attached hydrogen (secondary N) is 2. The summed E-state index contributed by atoms with van der Waals surface area (Å²) in [6.07, 6.45) is 3.10. The van der Waals surface area contributed by atoms with Gasteiger partial charge in [-0.15, -0.1) is 11.3 Å². The number of hydrogen-bond donors (Lipinski definition) is 2. The zero-order chi connectivity index (χ0) is 17.2. The number of carbonyl (C=O) groups excluding carboxylic acids is 2. The first-order chi connectivity index (χ1) is 10.8. The molecule has 0 fully saturated rings. The van der Waals surface area contributed by atoms with Gasteiger partial charge < -0.3 is 10.3 Å². The van der Waals surface area contributed by atoms with E-state index in [1.54, 1.807) is 6.20 Å². The Kier molecular flexibility index (Phi) is 5.04. The number of aryl methyl sites for hydroxylation is 1. The normalized spacial score (nSPS) is 13.6. The first-order valence-corrected chi connectivity index (χ1v) is 8.66. The first kappa shape index (κ1) is 17.4. The van der Waals surface area contributed by atoms with Crippen molar-refractivity contribution in [1.82, 2.24) is 15.3 Å². The maximum absolute atomic E-state index is 12.8. The van der Waals surface area contributed by atoms with Crippen LogP contribution in [0, 0.1) is 6.92 Å². The van der Waals surface area contributed by atoms with E-state index in [1.807, 2.05) is 33.1 Å². The van der Waals surface area contributed by atoms with Crippen molar-refractivity contribution in [2.24, 2.45) is 0 Å². The minimum atomic E-state index is -0.522. The van der Waals surface area contributed by atoms with Gasteiger partial charge in [-0.1, -0.05) is 13.8 Å². The van der Waals surface area contributed by atoms with E-state index >= 15 is 0 Å². The molecule has 0 radical (unpaired) electrons. The van der Waals surface area contributed by atoms with Crippen molar-refractivity contribution in [1.29, 1.82) is 0 Å². The molecule has 0 spiro atoms. The molecule has 5 nitrogen and oxygen atoms in total. The molecule has 124 valence electrons. The van der Waals surface area contributed by atoms with Gasteiger partial charge in [-0.25, -0.2) is 4.98 Å². The fourth-order valence-electron chi connectivity index (χ4n) is 2.80. The summed E-state index contributed by atoms with van der Waals surface area (Å²) in [5, 5.41) is 5.86. The van der Waals surface area contributed by atoms with Crippen LogP contribution in [0.3, 0.4) is 0 Å². The number of carbonyl (C=O) groups is 2. The minimum absolute atomic E-state index is 0.0205. The van der Waals surface area contributed by atoms with Crippen molar-refractivity contribution in [3.05, 3.63) is 39.1 Å². The predicted molar refractivity (Wildman–Crippen MR) is 92.1 cm³/mol. The third-order valence-electron chi connectivity index (χ3n) is 4.22. The van der Waals surface area contributed by atoms with Gasteiger partial charge in [-0.3, -0.25) is 9.59 Å². The van der Waals surface area contributed by atoms with Crippen molar-refractivity contribution in [2.75, 3.05) is 0 Å². The van der Waals surface area contributed by atoms with Gasteiger partial charge in [-0.05, 0) is 39.2 Å². The highest BCUT2D eigenvalue weighted by Crippen LogP contribution is 2.28. The minimum Gasteiger partial charge on any atom is -0.354 e. The van der Waals surface area contributed by atoms with Gasteiger partial charge in [0.1, 0.15) is 10.7 Å². The van der Waals surface area contributed by atoms with Gasteiger partial charge in [0.15, 0.2) is 5.78 Å². The van der Waals surface area contributed by atoms with E-state index in [0.717, 1.165) is 22.7 Å². The molecular weight excluding hydrogens is 310 g/mol. The maximum atomic E-state index is 12.8. The summed E-state index contributed by atoms with van der Waals surface area (Å²) < 4.78 is 0. The lowest BCUT2D eigenvalue weighted by atomic mass is 9.98. The number of rotatable bonds is 6. The first-order valence-electron chi connectivity index (χ1n) is 7.78. The third kappa shape index (κ3) is 3.22. The van der Waals surface area contributed by atoms with Crippen molar-refractivity contribution in [2.45, 2.75) is 53.0 Å². The maximum Gasteiger partial charge on any atom is 0.268 e. The number of aromatic nitrogens is 2. The van der Waals surface area contributed by atoms with E-state index in [9.17, 15) is 9.59 Å². The monoisotopic (exact) mass is 333 g/mol. The Hall–Kier alpha value is -1.95. The molecule has 2 rings (SSSR count). The molecule has 23 heavy (non-hydrogen) atoms. The number of H-pyrrole nitrogens is 1. The number of aromatic amines is 1. The number of hydrogen-bond acceptors (Lipinski definition) is 4. The third-order valence-corrected chi connectivity index (χ3v) is 5.26. The van der Waals surface area contributed by atoms with Crippen LogP contribution in [-0.2, 0) is 12.0 Å². The van der Waals surface area contributed by atoms with Crippen LogP contribution in [0.5, 0.6) is 0 Å². The van der Waals surface area contributed by atoms with Crippen LogP contribution in [0.15, 0.2) is 11.6 Å². The number of amides is 1. The van der Waals surface area contributed by atoms with Gasteiger partial charge in [0, 0.05) is 22.8 Å². The van der Waals surface area contributed by atoms with Gasteiger partial charge >= 0.3 is 0 Å². The zero-order valence-corrected chi connectivity index (χ0v) is 15.1. The van der Waals surface area contributed by atoms with Crippen LogP contribution in [0.1, 0.15) is 71.2 Å². The summed E-state index contributed by atoms with van der Waals surface area (Å²) in [7, 11) is 0. The smallest absolute Gasteiger partial charge is 0.268 e. The highest BCUT2D eigenvalue weighted by atomic mass is 32.1. The second-order valence-corrected chi connectivity index (χ2v) is 6.76. The Morgan fingerprint density at radius 3 is 2.57 bits per heavy atom. The SMILES string of the molecule is CCc1c(C(=O)N[C@](C)(CC)c2nccs2)[nH]c(C)c1C(C)=O. The molecule has 0 unspecified atom stereocenters. The van der Waals surface area contributed by atoms with E-state index in [-0.39, 0.29) is 11.7 Å². The van der Waals surface area contributed by atoms with Gasteiger partial charge in [0.25, 0.3) is 5.91 Å². The summed E-state index contributed by atoms with van der Waals surface area (Å²) in [5.74, 6) is -0.218. The van der Waals surface area contributed by atoms with Crippen LogP contribution in [0.2, 0.25) is 0 Å². The molecule has 0 aliphatic rings. The molecule has 6 heteroatoms. The van der Waals surface area contributed by atoms with Crippen LogP contribution < -0.4 is 5.32 Å². The zero-order valence-electron chi connectivity index (χ0n) is 14.2. The Bertz CT molecular complexity index is 719. The molecule has 0 saturated carbocycles. The topological polar surface area (TPSA) is 74.8 Å².